The second-order valence-electron chi connectivity index (χ2n) is 10.4. The van der Waals surface area contributed by atoms with Crippen molar-refractivity contribution < 1.29 is 9.18 Å². The Morgan fingerprint density at radius 1 is 1.13 bits per heavy atom. The van der Waals surface area contributed by atoms with E-state index in [2.05, 4.69) is 36.0 Å². The van der Waals surface area contributed by atoms with Crippen LogP contribution in [-0.2, 0) is 17.8 Å². The van der Waals surface area contributed by atoms with Gasteiger partial charge in [0.2, 0.25) is 5.91 Å². The van der Waals surface area contributed by atoms with Gasteiger partial charge < -0.3 is 9.88 Å². The summed E-state index contributed by atoms with van der Waals surface area (Å²) in [6, 6.07) is 4.92. The van der Waals surface area contributed by atoms with Gasteiger partial charge in [0.05, 0.1) is 11.1 Å². The second kappa shape index (κ2) is 7.12. The lowest BCUT2D eigenvalue weighted by Crippen LogP contribution is -2.57. The molecule has 4 saturated carbocycles. The van der Waals surface area contributed by atoms with Crippen molar-refractivity contribution in [2.24, 2.45) is 17.3 Å². The first-order valence-electron chi connectivity index (χ1n) is 11.7. The molecule has 2 atom stereocenters. The van der Waals surface area contributed by atoms with Crippen LogP contribution in [0.3, 0.4) is 0 Å². The molecular weight excluding hydrogens is 459 g/mol. The van der Waals surface area contributed by atoms with Crippen molar-refractivity contribution in [1.29, 1.82) is 0 Å². The lowest BCUT2D eigenvalue weighted by molar-refractivity contribution is -0.138. The molecule has 0 saturated heterocycles. The number of fused-ring (bicyclic) bond motifs is 1. The highest BCUT2D eigenvalue weighted by Crippen LogP contribution is 2.64. The van der Waals surface area contributed by atoms with Gasteiger partial charge in [-0.1, -0.05) is 22.4 Å². The number of aryl methyl sites for hydroxylation is 1. The van der Waals surface area contributed by atoms with E-state index in [-0.39, 0.29) is 21.3 Å². The molecule has 1 aromatic carbocycles. The number of alkyl halides is 1. The average Bonchev–Trinajstić information content (AvgIpc) is 2.96. The second-order valence-corrected chi connectivity index (χ2v) is 12.1. The predicted octanol–water partition coefficient (Wildman–Crippen LogP) is 5.48. The van der Waals surface area contributed by atoms with Crippen molar-refractivity contribution in [2.75, 3.05) is 5.32 Å². The first-order valence-corrected chi connectivity index (χ1v) is 12.4. The minimum Gasteiger partial charge on any atom is -0.323 e. The topological polar surface area (TPSA) is 59.8 Å². The zero-order chi connectivity index (χ0) is 21.2. The van der Waals surface area contributed by atoms with E-state index in [1.807, 2.05) is 0 Å². The van der Waals surface area contributed by atoms with Crippen molar-refractivity contribution in [2.45, 2.75) is 75.1 Å². The van der Waals surface area contributed by atoms with Crippen LogP contribution in [0.2, 0.25) is 0 Å². The average molecular weight is 487 g/mol. The molecule has 7 rings (SSSR count). The number of hydrogen-bond acceptors (Lipinski definition) is 3. The van der Waals surface area contributed by atoms with Crippen LogP contribution in [0.4, 0.5) is 10.1 Å². The fourth-order valence-electron chi connectivity index (χ4n) is 7.13. The number of aromatic nitrogens is 3. The summed E-state index contributed by atoms with van der Waals surface area (Å²) in [6.45, 7) is 0.885. The quantitative estimate of drug-likeness (QED) is 0.583. The smallest absolute Gasteiger partial charge is 0.230 e. The maximum Gasteiger partial charge on any atom is 0.230 e. The molecule has 2 aromatic rings. The molecule has 4 fully saturated rings. The summed E-state index contributed by atoms with van der Waals surface area (Å²) < 4.78 is 17.0. The predicted molar refractivity (Wildman–Crippen MR) is 120 cm³/mol. The fourth-order valence-corrected chi connectivity index (χ4v) is 8.58. The zero-order valence-electron chi connectivity index (χ0n) is 17.7. The molecule has 7 heteroatoms. The molecule has 0 spiro atoms. The summed E-state index contributed by atoms with van der Waals surface area (Å²) in [7, 11) is 0. The first-order chi connectivity index (χ1) is 14.9. The summed E-state index contributed by atoms with van der Waals surface area (Å²) >= 11 is 3.97. The van der Waals surface area contributed by atoms with E-state index < -0.39 is 5.82 Å². The van der Waals surface area contributed by atoms with Gasteiger partial charge in [0, 0.05) is 22.9 Å². The van der Waals surface area contributed by atoms with Gasteiger partial charge in [-0.25, -0.2) is 4.39 Å². The molecule has 164 valence electrons. The monoisotopic (exact) mass is 486 g/mol. The number of carbonyl (C=O) groups is 1. The van der Waals surface area contributed by atoms with Crippen molar-refractivity contribution in [3.05, 3.63) is 29.8 Å². The van der Waals surface area contributed by atoms with E-state index in [0.29, 0.717) is 11.8 Å². The first kappa shape index (κ1) is 19.9. The minimum atomic E-state index is -0.397. The van der Waals surface area contributed by atoms with Gasteiger partial charge in [-0.15, -0.1) is 10.2 Å². The van der Waals surface area contributed by atoms with Crippen LogP contribution in [0, 0.1) is 23.1 Å². The summed E-state index contributed by atoms with van der Waals surface area (Å²) in [6.07, 6.45) is 10.6. The third-order valence-corrected chi connectivity index (χ3v) is 8.98. The molecule has 4 bridgehead atoms. The van der Waals surface area contributed by atoms with Crippen LogP contribution in [0.1, 0.15) is 63.6 Å². The molecule has 5 nitrogen and oxygen atoms in total. The summed E-state index contributed by atoms with van der Waals surface area (Å²) in [5.74, 6) is 2.57. The Kier molecular flexibility index (Phi) is 4.57. The van der Waals surface area contributed by atoms with Gasteiger partial charge in [-0.3, -0.25) is 4.79 Å². The number of carbonyl (C=O) groups excluding carboxylic acids is 1. The summed E-state index contributed by atoms with van der Waals surface area (Å²) in [4.78, 5) is 13.5. The van der Waals surface area contributed by atoms with Crippen LogP contribution in [0.25, 0.3) is 11.4 Å². The van der Waals surface area contributed by atoms with Crippen LogP contribution < -0.4 is 5.32 Å². The van der Waals surface area contributed by atoms with Gasteiger partial charge in [0.25, 0.3) is 0 Å². The number of nitrogens with zero attached hydrogens (tertiary/aromatic N) is 3. The van der Waals surface area contributed by atoms with E-state index in [1.54, 1.807) is 12.1 Å². The lowest BCUT2D eigenvalue weighted by Gasteiger charge is -2.59. The van der Waals surface area contributed by atoms with Crippen LogP contribution in [0.15, 0.2) is 18.2 Å². The Hall–Kier alpha value is -1.76. The number of halogens is 2. The molecule has 2 heterocycles. The molecule has 1 aliphatic heterocycles. The molecule has 0 radical (unpaired) electrons. The van der Waals surface area contributed by atoms with E-state index >= 15 is 0 Å². The van der Waals surface area contributed by atoms with E-state index in [0.717, 1.165) is 62.3 Å². The largest absolute Gasteiger partial charge is 0.323 e. The maximum absolute atomic E-state index is 14.8. The highest BCUT2D eigenvalue weighted by Gasteiger charge is 2.59. The van der Waals surface area contributed by atoms with E-state index in [4.69, 9.17) is 0 Å². The SMILES string of the molecule is O=C(Nc1cc(-c2nnc3n2CCCCC3)ccc1F)C12CC3CC(CC(Br)(C3)C1)C2. The van der Waals surface area contributed by atoms with Crippen molar-refractivity contribution in [3.8, 4) is 11.4 Å². The highest BCUT2D eigenvalue weighted by atomic mass is 79.9. The molecule has 1 aromatic heterocycles. The molecule has 31 heavy (non-hydrogen) atoms. The number of amides is 1. The number of rotatable bonds is 3. The van der Waals surface area contributed by atoms with Gasteiger partial charge in [-0.2, -0.15) is 0 Å². The number of hydrogen-bond donors (Lipinski definition) is 1. The van der Waals surface area contributed by atoms with Gasteiger partial charge >= 0.3 is 0 Å². The number of anilines is 1. The van der Waals surface area contributed by atoms with Crippen LogP contribution >= 0.6 is 15.9 Å². The normalized spacial score (nSPS) is 33.7. The third kappa shape index (κ3) is 3.35. The third-order valence-electron chi connectivity index (χ3n) is 8.05. The Bertz CT molecular complexity index is 1040. The zero-order valence-corrected chi connectivity index (χ0v) is 19.3. The molecular formula is C24H28BrFN4O. The molecule has 4 aliphatic carbocycles. The van der Waals surface area contributed by atoms with E-state index in [9.17, 15) is 9.18 Å². The Morgan fingerprint density at radius 3 is 2.71 bits per heavy atom. The van der Waals surface area contributed by atoms with Crippen LogP contribution in [-0.4, -0.2) is 25.0 Å². The maximum atomic E-state index is 14.8. The molecule has 1 amide bonds. The summed E-state index contributed by atoms with van der Waals surface area (Å²) in [5, 5.41) is 11.7. The lowest BCUT2D eigenvalue weighted by atomic mass is 9.49. The summed E-state index contributed by atoms with van der Waals surface area (Å²) in [5.41, 5.74) is 0.690. The standard InChI is InChI=1S/C24H28BrFN4O/c25-24-12-15-8-16(13-24)11-23(10-15,14-24)22(31)27-19-9-17(5-6-18(19)26)21-29-28-20-4-2-1-3-7-30(20)21/h5-6,9,15-16H,1-4,7-8,10-14H2,(H,27,31). The Labute approximate surface area is 190 Å². The van der Waals surface area contributed by atoms with Crippen LogP contribution in [0.5, 0.6) is 0 Å². The number of benzene rings is 1. The highest BCUT2D eigenvalue weighted by molar-refractivity contribution is 9.10. The van der Waals surface area contributed by atoms with Crippen molar-refractivity contribution >= 4 is 27.5 Å². The van der Waals surface area contributed by atoms with E-state index in [1.165, 1.54) is 31.7 Å². The molecule has 5 aliphatic rings. The van der Waals surface area contributed by atoms with Crippen molar-refractivity contribution in [1.82, 2.24) is 14.8 Å². The molecule has 1 N–H and O–H groups in total. The van der Waals surface area contributed by atoms with Crippen molar-refractivity contribution in [3.63, 3.8) is 0 Å². The van der Waals surface area contributed by atoms with Gasteiger partial charge in [0.1, 0.15) is 11.6 Å². The van der Waals surface area contributed by atoms with Gasteiger partial charge in [0.15, 0.2) is 5.82 Å². The molecule has 2 unspecified atom stereocenters. The Balaban J connectivity index is 1.29. The fraction of sp³-hybridized carbons (Fsp3) is 0.625. The Morgan fingerprint density at radius 2 is 1.94 bits per heavy atom. The van der Waals surface area contributed by atoms with Gasteiger partial charge in [-0.05, 0) is 81.4 Å². The number of nitrogens with one attached hydrogen (secondary N) is 1. The minimum absolute atomic E-state index is 0.0125.